The number of hydrogen-bond acceptors (Lipinski definition) is 5. The topological polar surface area (TPSA) is 84.3 Å². The highest BCUT2D eigenvalue weighted by atomic mass is 16.5. The van der Waals surface area contributed by atoms with Crippen molar-refractivity contribution in [3.05, 3.63) is 11.9 Å². The molecule has 0 radical (unpaired) electrons. The van der Waals surface area contributed by atoms with Gasteiger partial charge in [-0.15, -0.1) is 5.10 Å². The van der Waals surface area contributed by atoms with E-state index < -0.39 is 0 Å². The van der Waals surface area contributed by atoms with Crippen LogP contribution in [-0.4, -0.2) is 64.3 Å². The summed E-state index contributed by atoms with van der Waals surface area (Å²) in [6.45, 7) is 7.67. The number of urea groups is 1. The molecule has 128 valence electrons. The van der Waals surface area contributed by atoms with E-state index in [1.54, 1.807) is 0 Å². The first-order valence-electron chi connectivity index (χ1n) is 8.45. The number of carbonyl (C=O) groups is 1. The second kappa shape index (κ2) is 7.27. The highest BCUT2D eigenvalue weighted by Crippen LogP contribution is 2.15. The SMILES string of the molecule is CCC1CN(C(=O)NCc2cn(C3CCNC3)nn2)C(C)CO1. The summed E-state index contributed by atoms with van der Waals surface area (Å²) in [5, 5.41) is 14.6. The number of morpholine rings is 1. The lowest BCUT2D eigenvalue weighted by molar-refractivity contribution is -0.0422. The van der Waals surface area contributed by atoms with Gasteiger partial charge >= 0.3 is 6.03 Å². The highest BCUT2D eigenvalue weighted by Gasteiger charge is 2.28. The first-order valence-corrected chi connectivity index (χ1v) is 8.45. The Labute approximate surface area is 136 Å². The van der Waals surface area contributed by atoms with Gasteiger partial charge < -0.3 is 20.3 Å². The zero-order chi connectivity index (χ0) is 16.2. The summed E-state index contributed by atoms with van der Waals surface area (Å²) in [5.74, 6) is 0. The lowest BCUT2D eigenvalue weighted by Gasteiger charge is -2.37. The fourth-order valence-electron chi connectivity index (χ4n) is 3.05. The molecule has 1 aromatic rings. The van der Waals surface area contributed by atoms with Gasteiger partial charge in [0.2, 0.25) is 0 Å². The van der Waals surface area contributed by atoms with E-state index in [9.17, 15) is 4.79 Å². The molecule has 0 aliphatic carbocycles. The van der Waals surface area contributed by atoms with Crippen molar-refractivity contribution in [1.29, 1.82) is 0 Å². The largest absolute Gasteiger partial charge is 0.374 e. The average molecular weight is 322 g/mol. The van der Waals surface area contributed by atoms with Crippen LogP contribution in [0.25, 0.3) is 0 Å². The second-order valence-electron chi connectivity index (χ2n) is 6.36. The Balaban J connectivity index is 1.52. The molecule has 0 spiro atoms. The average Bonchev–Trinajstić information content (AvgIpc) is 3.24. The second-order valence-corrected chi connectivity index (χ2v) is 6.36. The molecule has 2 saturated heterocycles. The van der Waals surface area contributed by atoms with E-state index >= 15 is 0 Å². The number of nitrogens with one attached hydrogen (secondary N) is 2. The normalized spacial score (nSPS) is 28.1. The van der Waals surface area contributed by atoms with Crippen LogP contribution in [0.5, 0.6) is 0 Å². The number of hydrogen-bond donors (Lipinski definition) is 2. The van der Waals surface area contributed by atoms with E-state index in [2.05, 4.69) is 27.9 Å². The quantitative estimate of drug-likeness (QED) is 0.844. The smallest absolute Gasteiger partial charge is 0.318 e. The van der Waals surface area contributed by atoms with E-state index in [0.717, 1.165) is 31.6 Å². The zero-order valence-electron chi connectivity index (χ0n) is 13.9. The molecule has 2 aliphatic rings. The van der Waals surface area contributed by atoms with Crippen molar-refractivity contribution in [2.24, 2.45) is 0 Å². The summed E-state index contributed by atoms with van der Waals surface area (Å²) in [6, 6.07) is 0.408. The van der Waals surface area contributed by atoms with Crippen molar-refractivity contribution in [1.82, 2.24) is 30.5 Å². The molecule has 1 aromatic heterocycles. The molecule has 3 unspecified atom stereocenters. The molecule has 0 bridgehead atoms. The van der Waals surface area contributed by atoms with E-state index in [0.29, 0.717) is 25.7 Å². The van der Waals surface area contributed by atoms with Crippen molar-refractivity contribution >= 4 is 6.03 Å². The Morgan fingerprint density at radius 2 is 2.43 bits per heavy atom. The minimum Gasteiger partial charge on any atom is -0.374 e. The molecular weight excluding hydrogens is 296 g/mol. The van der Waals surface area contributed by atoms with Crippen LogP contribution in [0.15, 0.2) is 6.20 Å². The Hall–Kier alpha value is -1.67. The third kappa shape index (κ3) is 3.81. The molecule has 8 nitrogen and oxygen atoms in total. The van der Waals surface area contributed by atoms with Gasteiger partial charge in [0.25, 0.3) is 0 Å². The van der Waals surface area contributed by atoms with Gasteiger partial charge in [0.05, 0.1) is 37.5 Å². The first-order chi connectivity index (χ1) is 11.2. The third-order valence-electron chi connectivity index (χ3n) is 4.61. The first kappa shape index (κ1) is 16.2. The van der Waals surface area contributed by atoms with Crippen LogP contribution in [0.1, 0.15) is 38.4 Å². The van der Waals surface area contributed by atoms with E-state index in [4.69, 9.17) is 4.74 Å². The molecule has 3 heterocycles. The van der Waals surface area contributed by atoms with Gasteiger partial charge in [-0.2, -0.15) is 0 Å². The Morgan fingerprint density at radius 1 is 1.57 bits per heavy atom. The predicted octanol–water partition coefficient (Wildman–Crippen LogP) is 0.521. The fraction of sp³-hybridized carbons (Fsp3) is 0.800. The van der Waals surface area contributed by atoms with Crippen LogP contribution >= 0.6 is 0 Å². The van der Waals surface area contributed by atoms with Gasteiger partial charge in [-0.05, 0) is 26.3 Å². The van der Waals surface area contributed by atoms with Crippen LogP contribution in [0, 0.1) is 0 Å². The maximum Gasteiger partial charge on any atom is 0.318 e. The Kier molecular flexibility index (Phi) is 5.12. The predicted molar refractivity (Wildman–Crippen MR) is 85.0 cm³/mol. The summed E-state index contributed by atoms with van der Waals surface area (Å²) in [6.07, 6.45) is 4.04. The van der Waals surface area contributed by atoms with E-state index in [-0.39, 0.29) is 18.2 Å². The molecule has 3 atom stereocenters. The molecule has 3 rings (SSSR count). The molecule has 2 aliphatic heterocycles. The molecular formula is C15H26N6O2. The number of ether oxygens (including phenoxy) is 1. The lowest BCUT2D eigenvalue weighted by atomic mass is 10.2. The Morgan fingerprint density at radius 3 is 3.17 bits per heavy atom. The molecule has 8 heteroatoms. The summed E-state index contributed by atoms with van der Waals surface area (Å²) < 4.78 is 7.58. The maximum absolute atomic E-state index is 12.4. The third-order valence-corrected chi connectivity index (χ3v) is 4.61. The van der Waals surface area contributed by atoms with Crippen molar-refractivity contribution in [2.75, 3.05) is 26.2 Å². The van der Waals surface area contributed by atoms with Gasteiger partial charge in [0, 0.05) is 13.1 Å². The van der Waals surface area contributed by atoms with Gasteiger partial charge in [0.15, 0.2) is 0 Å². The van der Waals surface area contributed by atoms with Crippen molar-refractivity contribution in [3.8, 4) is 0 Å². The van der Waals surface area contributed by atoms with Crippen LogP contribution in [0.3, 0.4) is 0 Å². The van der Waals surface area contributed by atoms with Gasteiger partial charge in [-0.25, -0.2) is 9.48 Å². The van der Waals surface area contributed by atoms with Crippen LogP contribution in [0.2, 0.25) is 0 Å². The molecule has 0 aromatic carbocycles. The molecule has 0 saturated carbocycles. The van der Waals surface area contributed by atoms with Crippen molar-refractivity contribution < 1.29 is 9.53 Å². The fourth-order valence-corrected chi connectivity index (χ4v) is 3.05. The number of amides is 2. The number of rotatable bonds is 4. The van der Waals surface area contributed by atoms with Crippen molar-refractivity contribution in [3.63, 3.8) is 0 Å². The van der Waals surface area contributed by atoms with Gasteiger partial charge in [-0.1, -0.05) is 12.1 Å². The number of carbonyl (C=O) groups excluding carboxylic acids is 1. The summed E-state index contributed by atoms with van der Waals surface area (Å²) in [4.78, 5) is 14.3. The van der Waals surface area contributed by atoms with Crippen LogP contribution in [0.4, 0.5) is 4.79 Å². The summed E-state index contributed by atoms with van der Waals surface area (Å²) in [7, 11) is 0. The minimum absolute atomic E-state index is 0.0590. The standard InChI is InChI=1S/C15H26N6O2/c1-3-14-9-20(11(2)10-23-14)15(22)17-6-12-8-21(19-18-12)13-4-5-16-7-13/h8,11,13-14,16H,3-7,9-10H2,1-2H3,(H,17,22). The highest BCUT2D eigenvalue weighted by molar-refractivity contribution is 5.74. The Bertz CT molecular complexity index is 528. The molecule has 23 heavy (non-hydrogen) atoms. The molecule has 2 fully saturated rings. The number of nitrogens with zero attached hydrogens (tertiary/aromatic N) is 4. The summed E-state index contributed by atoms with van der Waals surface area (Å²) in [5.41, 5.74) is 0.790. The summed E-state index contributed by atoms with van der Waals surface area (Å²) >= 11 is 0. The minimum atomic E-state index is -0.0590. The molecule has 2 N–H and O–H groups in total. The zero-order valence-corrected chi connectivity index (χ0v) is 13.9. The van der Waals surface area contributed by atoms with Crippen LogP contribution < -0.4 is 10.6 Å². The lowest BCUT2D eigenvalue weighted by Crippen LogP contribution is -2.54. The van der Waals surface area contributed by atoms with E-state index in [1.165, 1.54) is 0 Å². The van der Waals surface area contributed by atoms with Gasteiger partial charge in [-0.3, -0.25) is 0 Å². The number of aromatic nitrogens is 3. The van der Waals surface area contributed by atoms with Crippen LogP contribution in [-0.2, 0) is 11.3 Å². The van der Waals surface area contributed by atoms with Gasteiger partial charge in [0.1, 0.15) is 5.69 Å². The maximum atomic E-state index is 12.4. The van der Waals surface area contributed by atoms with E-state index in [1.807, 2.05) is 22.7 Å². The monoisotopic (exact) mass is 322 g/mol. The molecule has 2 amide bonds. The van der Waals surface area contributed by atoms with Crippen molar-refractivity contribution in [2.45, 2.75) is 51.4 Å².